The molecule has 3 amide bonds. The lowest BCUT2D eigenvalue weighted by molar-refractivity contribution is -0.142. The number of esters is 1. The highest BCUT2D eigenvalue weighted by Gasteiger charge is 2.56. The fourth-order valence-electron chi connectivity index (χ4n) is 4.92. The predicted octanol–water partition coefficient (Wildman–Crippen LogP) is 3.76. The van der Waals surface area contributed by atoms with Crippen LogP contribution in [0.2, 0.25) is 0 Å². The second-order valence-corrected chi connectivity index (χ2v) is 9.92. The number of imide groups is 1. The molecule has 2 aliphatic rings. The molecule has 1 spiro atoms. The molecule has 1 aliphatic carbocycles. The van der Waals surface area contributed by atoms with Gasteiger partial charge in [0.1, 0.15) is 12.1 Å². The molecule has 9 heteroatoms. The summed E-state index contributed by atoms with van der Waals surface area (Å²) in [5, 5.41) is 12.0. The second kappa shape index (κ2) is 8.50. The van der Waals surface area contributed by atoms with E-state index in [1.165, 1.54) is 12.1 Å². The van der Waals surface area contributed by atoms with Gasteiger partial charge < -0.3 is 14.8 Å². The van der Waals surface area contributed by atoms with Gasteiger partial charge in [-0.25, -0.2) is 9.59 Å². The van der Waals surface area contributed by atoms with Gasteiger partial charge in [-0.3, -0.25) is 9.69 Å². The molecule has 1 aliphatic heterocycles. The Hall–Kier alpha value is -2.60. The van der Waals surface area contributed by atoms with Crippen molar-refractivity contribution in [3.63, 3.8) is 0 Å². The topological polar surface area (TPSA) is 109 Å². The van der Waals surface area contributed by atoms with Gasteiger partial charge in [0.15, 0.2) is 11.5 Å². The normalized spacial score (nSPS) is 24.6. The molecule has 2 atom stereocenters. The van der Waals surface area contributed by atoms with Crippen LogP contribution in [0.25, 0.3) is 0 Å². The van der Waals surface area contributed by atoms with Crippen molar-refractivity contribution in [1.82, 2.24) is 10.2 Å². The van der Waals surface area contributed by atoms with E-state index >= 15 is 0 Å². The van der Waals surface area contributed by atoms with Crippen LogP contribution in [0.15, 0.2) is 16.6 Å². The Morgan fingerprint density at radius 3 is 2.68 bits per heavy atom. The van der Waals surface area contributed by atoms with Gasteiger partial charge in [0.05, 0.1) is 22.7 Å². The molecule has 0 aromatic heterocycles. The average Bonchev–Trinajstić information content (AvgIpc) is 2.86. The number of nitrogens with one attached hydrogen (secondary N) is 1. The molecular weight excluding hydrogens is 466 g/mol. The zero-order valence-electron chi connectivity index (χ0n) is 18.1. The van der Waals surface area contributed by atoms with Crippen LogP contribution in [0, 0.1) is 22.7 Å². The third kappa shape index (κ3) is 4.69. The highest BCUT2D eigenvalue weighted by Crippen LogP contribution is 2.46. The number of hydrogen-bond acceptors (Lipinski definition) is 6. The number of nitrogens with zero attached hydrogens (tertiary/aromatic N) is 2. The number of amides is 3. The minimum atomic E-state index is -0.982. The lowest BCUT2D eigenvalue weighted by atomic mass is 9.64. The first-order chi connectivity index (χ1) is 14.5. The first-order valence-corrected chi connectivity index (χ1v) is 11.0. The van der Waals surface area contributed by atoms with Crippen molar-refractivity contribution < 1.29 is 23.9 Å². The van der Waals surface area contributed by atoms with Gasteiger partial charge in [0, 0.05) is 6.07 Å². The van der Waals surface area contributed by atoms with Crippen LogP contribution >= 0.6 is 15.9 Å². The highest BCUT2D eigenvalue weighted by atomic mass is 79.9. The van der Waals surface area contributed by atoms with Crippen molar-refractivity contribution in [3.8, 4) is 17.6 Å². The summed E-state index contributed by atoms with van der Waals surface area (Å²) in [6.07, 6.45) is 2.03. The first kappa shape index (κ1) is 23.1. The summed E-state index contributed by atoms with van der Waals surface area (Å²) in [7, 11) is 0. The Labute approximate surface area is 190 Å². The summed E-state index contributed by atoms with van der Waals surface area (Å²) < 4.78 is 11.3. The summed E-state index contributed by atoms with van der Waals surface area (Å²) >= 11 is 3.28. The molecule has 31 heavy (non-hydrogen) atoms. The third-order valence-corrected chi connectivity index (χ3v) is 6.15. The van der Waals surface area contributed by atoms with E-state index in [0.717, 1.165) is 11.3 Å². The van der Waals surface area contributed by atoms with Gasteiger partial charge in [0.2, 0.25) is 0 Å². The lowest BCUT2D eigenvalue weighted by Gasteiger charge is -2.43. The number of rotatable bonds is 5. The SMILES string of the molecule is CCOc1cc(C#N)cc(Br)c1OC(=O)CN1C(=O)NC2(CC(C)CC(C)(C)C2)C1=O. The van der Waals surface area contributed by atoms with E-state index in [2.05, 4.69) is 42.0 Å². The predicted molar refractivity (Wildman–Crippen MR) is 115 cm³/mol. The molecule has 2 fully saturated rings. The molecule has 1 saturated heterocycles. The average molecular weight is 492 g/mol. The van der Waals surface area contributed by atoms with E-state index in [0.29, 0.717) is 29.5 Å². The molecular formula is C22H26BrN3O5. The zero-order chi connectivity index (χ0) is 23.0. The quantitative estimate of drug-likeness (QED) is 0.381. The minimum absolute atomic E-state index is 0.0973. The summed E-state index contributed by atoms with van der Waals surface area (Å²) in [6, 6.07) is 4.38. The number of nitriles is 1. The maximum Gasteiger partial charge on any atom is 0.331 e. The van der Waals surface area contributed by atoms with Crippen molar-refractivity contribution in [1.29, 1.82) is 5.26 Å². The largest absolute Gasteiger partial charge is 0.490 e. The molecule has 1 saturated carbocycles. The molecule has 0 radical (unpaired) electrons. The Bertz CT molecular complexity index is 971. The fraction of sp³-hybridized carbons (Fsp3) is 0.545. The molecule has 1 N–H and O–H groups in total. The van der Waals surface area contributed by atoms with Gasteiger partial charge in [-0.1, -0.05) is 20.8 Å². The monoisotopic (exact) mass is 491 g/mol. The van der Waals surface area contributed by atoms with Gasteiger partial charge in [-0.15, -0.1) is 0 Å². The number of halogens is 1. The lowest BCUT2D eigenvalue weighted by Crippen LogP contribution is -2.54. The van der Waals surface area contributed by atoms with Gasteiger partial charge >= 0.3 is 12.0 Å². The number of urea groups is 1. The number of hydrogen-bond donors (Lipinski definition) is 1. The summed E-state index contributed by atoms with van der Waals surface area (Å²) in [6.45, 7) is 7.78. The minimum Gasteiger partial charge on any atom is -0.490 e. The number of carbonyl (C=O) groups is 3. The van der Waals surface area contributed by atoms with E-state index < -0.39 is 30.0 Å². The summed E-state index contributed by atoms with van der Waals surface area (Å²) in [5.41, 5.74) is -0.749. The van der Waals surface area contributed by atoms with Crippen molar-refractivity contribution in [2.75, 3.05) is 13.2 Å². The molecule has 2 unspecified atom stereocenters. The fourth-order valence-corrected chi connectivity index (χ4v) is 5.44. The number of benzene rings is 1. The van der Waals surface area contributed by atoms with Crippen LogP contribution in [0.5, 0.6) is 11.5 Å². The number of ether oxygens (including phenoxy) is 2. The summed E-state index contributed by atoms with van der Waals surface area (Å²) in [4.78, 5) is 39.4. The second-order valence-electron chi connectivity index (χ2n) is 9.06. The van der Waals surface area contributed by atoms with E-state index in [-0.39, 0.29) is 22.8 Å². The molecule has 3 rings (SSSR count). The first-order valence-electron chi connectivity index (χ1n) is 10.2. The molecule has 0 bridgehead atoms. The molecule has 1 aromatic carbocycles. The Morgan fingerprint density at radius 1 is 1.35 bits per heavy atom. The van der Waals surface area contributed by atoms with Crippen molar-refractivity contribution in [3.05, 3.63) is 22.2 Å². The van der Waals surface area contributed by atoms with Crippen molar-refractivity contribution in [2.24, 2.45) is 11.3 Å². The van der Waals surface area contributed by atoms with Crippen LogP contribution in [-0.2, 0) is 9.59 Å². The summed E-state index contributed by atoms with van der Waals surface area (Å²) in [5.74, 6) is -0.588. The van der Waals surface area contributed by atoms with Crippen LogP contribution in [0.1, 0.15) is 52.5 Å². The standard InChI is InChI=1S/C22H26BrN3O5/c1-5-30-16-7-14(10-24)6-15(23)18(16)31-17(27)11-26-19(28)22(25-20(26)29)9-13(2)8-21(3,4)12-22/h6-7,13H,5,8-9,11-12H2,1-4H3,(H,25,29). The van der Waals surface area contributed by atoms with E-state index in [9.17, 15) is 14.4 Å². The third-order valence-electron chi connectivity index (χ3n) is 5.57. The van der Waals surface area contributed by atoms with Crippen molar-refractivity contribution >= 4 is 33.8 Å². The van der Waals surface area contributed by atoms with E-state index in [4.69, 9.17) is 14.7 Å². The molecule has 1 aromatic rings. The van der Waals surface area contributed by atoms with E-state index in [1.54, 1.807) is 6.92 Å². The van der Waals surface area contributed by atoms with Gasteiger partial charge in [-0.05, 0) is 59.5 Å². The maximum absolute atomic E-state index is 13.2. The van der Waals surface area contributed by atoms with Gasteiger partial charge in [-0.2, -0.15) is 5.26 Å². The maximum atomic E-state index is 13.2. The molecule has 166 valence electrons. The molecule has 8 nitrogen and oxygen atoms in total. The van der Waals surface area contributed by atoms with Crippen LogP contribution in [0.3, 0.4) is 0 Å². The zero-order valence-corrected chi connectivity index (χ0v) is 19.7. The van der Waals surface area contributed by atoms with E-state index in [1.807, 2.05) is 6.07 Å². The van der Waals surface area contributed by atoms with Crippen molar-refractivity contribution in [2.45, 2.75) is 52.5 Å². The molecule has 1 heterocycles. The highest BCUT2D eigenvalue weighted by molar-refractivity contribution is 9.10. The smallest absolute Gasteiger partial charge is 0.331 e. The number of carbonyl (C=O) groups excluding carboxylic acids is 3. The van der Waals surface area contributed by atoms with Gasteiger partial charge in [0.25, 0.3) is 5.91 Å². The van der Waals surface area contributed by atoms with Crippen LogP contribution in [0.4, 0.5) is 4.79 Å². The Morgan fingerprint density at radius 2 is 2.06 bits per heavy atom. The van der Waals surface area contributed by atoms with Crippen LogP contribution < -0.4 is 14.8 Å². The van der Waals surface area contributed by atoms with Crippen LogP contribution in [-0.4, -0.2) is 41.5 Å². The Balaban J connectivity index is 1.78. The Kier molecular flexibility index (Phi) is 6.33.